The van der Waals surface area contributed by atoms with Crippen LogP contribution in [0.3, 0.4) is 0 Å². The topological polar surface area (TPSA) is 26.3 Å². The van der Waals surface area contributed by atoms with Crippen LogP contribution in [-0.4, -0.2) is 16.1 Å². The first-order valence-corrected chi connectivity index (χ1v) is 8.66. The largest absolute Gasteiger partial charge is 0.372 e. The minimum Gasteiger partial charge on any atom is -0.372 e. The van der Waals surface area contributed by atoms with Gasteiger partial charge in [0.05, 0.1) is 32.2 Å². The molecule has 0 amide bonds. The first-order valence-electron chi connectivity index (χ1n) is 6.69. The minimum absolute atomic E-state index is 0.0651. The Labute approximate surface area is 136 Å². The van der Waals surface area contributed by atoms with Gasteiger partial charge in [-0.3, -0.25) is 4.21 Å². The van der Waals surface area contributed by atoms with Crippen LogP contribution in [0.2, 0.25) is 10.0 Å². The number of hydrogen-bond acceptors (Lipinski definition) is 2. The molecule has 1 aliphatic rings. The summed E-state index contributed by atoms with van der Waals surface area (Å²) >= 11 is 11.9. The van der Waals surface area contributed by atoms with Gasteiger partial charge in [-0.1, -0.05) is 53.5 Å². The highest BCUT2D eigenvalue weighted by atomic mass is 35.5. The number of hydrogen-bond donors (Lipinski definition) is 0. The van der Waals surface area contributed by atoms with Crippen molar-refractivity contribution in [3.63, 3.8) is 0 Å². The predicted octanol–water partition coefficient (Wildman–Crippen LogP) is 4.63. The Bertz CT molecular complexity index is 661. The highest BCUT2D eigenvalue weighted by Crippen LogP contribution is 2.35. The molecule has 1 aliphatic heterocycles. The van der Waals surface area contributed by atoms with Gasteiger partial charge in [-0.15, -0.1) is 0 Å². The van der Waals surface area contributed by atoms with E-state index in [-0.39, 0.29) is 11.4 Å². The van der Waals surface area contributed by atoms with Crippen molar-refractivity contribution < 1.29 is 8.95 Å². The Kier molecular flexibility index (Phi) is 4.65. The predicted molar refractivity (Wildman–Crippen MR) is 86.4 cm³/mol. The second-order valence-corrected chi connectivity index (χ2v) is 7.39. The lowest BCUT2D eigenvalue weighted by molar-refractivity contribution is 0.113. The Morgan fingerprint density at radius 2 is 1.81 bits per heavy atom. The van der Waals surface area contributed by atoms with Crippen LogP contribution in [0.1, 0.15) is 18.1 Å². The van der Waals surface area contributed by atoms with Gasteiger partial charge in [0.1, 0.15) is 0 Å². The standard InChI is InChI=1S/C16H14Cl2O2S/c17-13-7-6-12(10-14(13)18)21(19)15-8-9-20-16(15)11-4-2-1-3-5-11/h1-7,10,15-16H,8-9H2/t15-,16+,21-/m1/s1. The van der Waals surface area contributed by atoms with Crippen LogP contribution >= 0.6 is 23.2 Å². The molecule has 0 bridgehead atoms. The zero-order valence-electron chi connectivity index (χ0n) is 11.2. The minimum atomic E-state index is -1.18. The maximum atomic E-state index is 12.8. The molecular weight excluding hydrogens is 327 g/mol. The summed E-state index contributed by atoms with van der Waals surface area (Å²) in [6.07, 6.45) is 0.633. The molecule has 2 nitrogen and oxygen atoms in total. The molecule has 0 aromatic heterocycles. The third kappa shape index (κ3) is 3.16. The third-order valence-corrected chi connectivity index (χ3v) is 6.05. The van der Waals surface area contributed by atoms with Crippen LogP contribution < -0.4 is 0 Å². The molecule has 0 unspecified atom stereocenters. The molecule has 0 radical (unpaired) electrons. The first-order chi connectivity index (χ1) is 10.2. The van der Waals surface area contributed by atoms with Crippen molar-refractivity contribution in [2.24, 2.45) is 0 Å². The monoisotopic (exact) mass is 340 g/mol. The van der Waals surface area contributed by atoms with Crippen LogP contribution in [0, 0.1) is 0 Å². The number of halogens is 2. The van der Waals surface area contributed by atoms with Crippen LogP contribution in [0.25, 0.3) is 0 Å². The molecule has 1 heterocycles. The molecular formula is C16H14Cl2O2S. The number of rotatable bonds is 3. The van der Waals surface area contributed by atoms with Crippen LogP contribution in [-0.2, 0) is 15.5 Å². The van der Waals surface area contributed by atoms with E-state index in [2.05, 4.69) is 0 Å². The Morgan fingerprint density at radius 1 is 1.05 bits per heavy atom. The maximum absolute atomic E-state index is 12.8. The molecule has 2 aromatic carbocycles. The van der Waals surface area contributed by atoms with Gasteiger partial charge in [0.25, 0.3) is 0 Å². The van der Waals surface area contributed by atoms with Gasteiger partial charge in [-0.25, -0.2) is 0 Å². The van der Waals surface area contributed by atoms with Crippen molar-refractivity contribution in [2.45, 2.75) is 22.7 Å². The molecule has 2 aromatic rings. The van der Waals surface area contributed by atoms with E-state index in [1.807, 2.05) is 30.3 Å². The highest BCUT2D eigenvalue weighted by Gasteiger charge is 2.34. The van der Waals surface area contributed by atoms with Gasteiger partial charge in [0.15, 0.2) is 0 Å². The Hall–Kier alpha value is -0.870. The van der Waals surface area contributed by atoms with Crippen LogP contribution in [0.15, 0.2) is 53.4 Å². The lowest BCUT2D eigenvalue weighted by atomic mass is 10.1. The lowest BCUT2D eigenvalue weighted by Gasteiger charge is -2.18. The SMILES string of the molecule is O=[S@](c1ccc(Cl)c(Cl)c1)[C@@H]1CCO[C@H]1c1ccccc1. The molecule has 110 valence electrons. The normalized spacial score (nSPS) is 23.1. The molecule has 21 heavy (non-hydrogen) atoms. The van der Waals surface area contributed by atoms with E-state index in [1.54, 1.807) is 18.2 Å². The van der Waals surface area contributed by atoms with E-state index in [0.29, 0.717) is 21.5 Å². The van der Waals surface area contributed by atoms with E-state index < -0.39 is 10.8 Å². The van der Waals surface area contributed by atoms with E-state index in [9.17, 15) is 4.21 Å². The van der Waals surface area contributed by atoms with Crippen molar-refractivity contribution in [3.8, 4) is 0 Å². The van der Waals surface area contributed by atoms with Gasteiger partial charge in [-0.2, -0.15) is 0 Å². The molecule has 3 rings (SSSR count). The van der Waals surface area contributed by atoms with Crippen LogP contribution in [0.5, 0.6) is 0 Å². The summed E-state index contributed by atoms with van der Waals surface area (Å²) in [6, 6.07) is 15.1. The Morgan fingerprint density at radius 3 is 2.52 bits per heavy atom. The highest BCUT2D eigenvalue weighted by molar-refractivity contribution is 7.85. The zero-order chi connectivity index (χ0) is 14.8. The fourth-order valence-corrected chi connectivity index (χ4v) is 4.44. The summed E-state index contributed by atoms with van der Waals surface area (Å²) in [5, 5.41) is 0.835. The van der Waals surface area contributed by atoms with Gasteiger partial charge in [0.2, 0.25) is 0 Å². The van der Waals surface area contributed by atoms with Gasteiger partial charge >= 0.3 is 0 Å². The van der Waals surface area contributed by atoms with Crippen molar-refractivity contribution in [1.29, 1.82) is 0 Å². The third-order valence-electron chi connectivity index (χ3n) is 3.56. The summed E-state index contributed by atoms with van der Waals surface area (Å²) in [7, 11) is -1.18. The molecule has 0 saturated carbocycles. The van der Waals surface area contributed by atoms with E-state index in [1.165, 1.54) is 0 Å². The fourth-order valence-electron chi connectivity index (χ4n) is 2.52. The van der Waals surface area contributed by atoms with Crippen molar-refractivity contribution in [2.75, 3.05) is 6.61 Å². The van der Waals surface area contributed by atoms with Crippen molar-refractivity contribution >= 4 is 34.0 Å². The summed E-state index contributed by atoms with van der Waals surface area (Å²) in [6.45, 7) is 0.622. The molecule has 1 fully saturated rings. The zero-order valence-corrected chi connectivity index (χ0v) is 13.5. The summed E-state index contributed by atoms with van der Waals surface area (Å²) in [5.41, 5.74) is 1.06. The Balaban J connectivity index is 1.88. The van der Waals surface area contributed by atoms with Gasteiger partial charge < -0.3 is 4.74 Å². The van der Waals surface area contributed by atoms with Gasteiger partial charge in [-0.05, 0) is 30.2 Å². The molecule has 0 N–H and O–H groups in total. The molecule has 5 heteroatoms. The average molecular weight is 341 g/mol. The second kappa shape index (κ2) is 6.49. The summed E-state index contributed by atoms with van der Waals surface area (Å²) < 4.78 is 18.6. The summed E-state index contributed by atoms with van der Waals surface area (Å²) in [4.78, 5) is 0.695. The summed E-state index contributed by atoms with van der Waals surface area (Å²) in [5.74, 6) is 0. The van der Waals surface area contributed by atoms with Crippen molar-refractivity contribution in [3.05, 3.63) is 64.1 Å². The molecule has 0 aliphatic carbocycles. The van der Waals surface area contributed by atoms with Gasteiger partial charge in [0, 0.05) is 11.5 Å². The van der Waals surface area contributed by atoms with E-state index in [0.717, 1.165) is 12.0 Å². The fraction of sp³-hybridized carbons (Fsp3) is 0.250. The molecule has 3 atom stereocenters. The molecule has 0 spiro atoms. The second-order valence-electron chi connectivity index (χ2n) is 4.90. The quantitative estimate of drug-likeness (QED) is 0.814. The lowest BCUT2D eigenvalue weighted by Crippen LogP contribution is -2.19. The first kappa shape index (κ1) is 15.0. The molecule has 1 saturated heterocycles. The average Bonchev–Trinajstić information content (AvgIpc) is 2.99. The van der Waals surface area contributed by atoms with E-state index in [4.69, 9.17) is 27.9 Å². The smallest absolute Gasteiger partial charge is 0.0972 e. The van der Waals surface area contributed by atoms with Crippen LogP contribution in [0.4, 0.5) is 0 Å². The van der Waals surface area contributed by atoms with Crippen molar-refractivity contribution in [1.82, 2.24) is 0 Å². The number of benzene rings is 2. The number of ether oxygens (including phenoxy) is 1. The maximum Gasteiger partial charge on any atom is 0.0972 e. The van der Waals surface area contributed by atoms with E-state index >= 15 is 0 Å².